The number of aryl methyl sites for hydroxylation is 2. The average molecular weight is 328 g/mol. The Bertz CT molecular complexity index is 708. The van der Waals surface area contributed by atoms with Gasteiger partial charge in [0.1, 0.15) is 11.6 Å². The summed E-state index contributed by atoms with van der Waals surface area (Å²) in [5.41, 5.74) is 1.52. The fourth-order valence-corrected chi connectivity index (χ4v) is 3.31. The maximum absolute atomic E-state index is 12.3. The predicted molar refractivity (Wildman–Crippen MR) is 91.1 cm³/mol. The number of benzene rings is 1. The van der Waals surface area contributed by atoms with Crippen LogP contribution < -0.4 is 5.32 Å². The maximum atomic E-state index is 12.3. The molecule has 1 aliphatic rings. The minimum Gasteiger partial charge on any atom is -0.393 e. The van der Waals surface area contributed by atoms with E-state index in [-0.39, 0.29) is 12.0 Å². The van der Waals surface area contributed by atoms with E-state index in [2.05, 4.69) is 15.4 Å². The Labute approximate surface area is 141 Å². The van der Waals surface area contributed by atoms with Crippen LogP contribution in [-0.4, -0.2) is 38.4 Å². The van der Waals surface area contributed by atoms with E-state index >= 15 is 0 Å². The van der Waals surface area contributed by atoms with Crippen LogP contribution in [0.25, 0.3) is 5.69 Å². The van der Waals surface area contributed by atoms with Crippen molar-refractivity contribution in [3.8, 4) is 5.69 Å². The van der Waals surface area contributed by atoms with Gasteiger partial charge in [-0.05, 0) is 63.3 Å². The lowest BCUT2D eigenvalue weighted by molar-refractivity contribution is 0.0874. The number of aromatic nitrogens is 3. The summed E-state index contributed by atoms with van der Waals surface area (Å²) in [7, 11) is 0. The molecule has 2 N–H and O–H groups in total. The third-order valence-corrected chi connectivity index (χ3v) is 4.56. The Morgan fingerprint density at radius 3 is 2.67 bits per heavy atom. The highest BCUT2D eigenvalue weighted by Crippen LogP contribution is 2.23. The van der Waals surface area contributed by atoms with Crippen molar-refractivity contribution in [1.82, 2.24) is 20.1 Å². The average Bonchev–Trinajstić information content (AvgIpc) is 2.91. The molecule has 2 aromatic rings. The van der Waals surface area contributed by atoms with Gasteiger partial charge in [0, 0.05) is 12.1 Å². The lowest BCUT2D eigenvalue weighted by atomic mass is 9.87. The predicted octanol–water partition coefficient (Wildman–Crippen LogP) is 2.17. The van der Waals surface area contributed by atoms with E-state index < -0.39 is 0 Å². The highest BCUT2D eigenvalue weighted by molar-refractivity contribution is 5.94. The normalized spacial score (nSPS) is 20.8. The molecule has 1 aromatic heterocycles. The van der Waals surface area contributed by atoms with Crippen molar-refractivity contribution in [3.05, 3.63) is 41.5 Å². The van der Waals surface area contributed by atoms with Crippen molar-refractivity contribution in [3.63, 3.8) is 0 Å². The Morgan fingerprint density at radius 1 is 1.29 bits per heavy atom. The van der Waals surface area contributed by atoms with Gasteiger partial charge in [-0.15, -0.1) is 0 Å². The lowest BCUT2D eigenvalue weighted by Gasteiger charge is -2.25. The molecule has 6 heteroatoms. The summed E-state index contributed by atoms with van der Waals surface area (Å²) in [6.07, 6.45) is 3.56. The summed E-state index contributed by atoms with van der Waals surface area (Å²) in [5.74, 6) is 1.84. The van der Waals surface area contributed by atoms with Gasteiger partial charge in [0.15, 0.2) is 0 Å². The van der Waals surface area contributed by atoms with Crippen LogP contribution in [0.3, 0.4) is 0 Å². The SMILES string of the molecule is Cc1nc(C)n(-c2ccc(C(=O)NCC3CCCC(O)C3)cc2)n1. The Morgan fingerprint density at radius 2 is 2.04 bits per heavy atom. The topological polar surface area (TPSA) is 80.0 Å². The van der Waals surface area contributed by atoms with Crippen LogP contribution >= 0.6 is 0 Å². The molecule has 1 saturated carbocycles. The van der Waals surface area contributed by atoms with Crippen LogP contribution in [0.2, 0.25) is 0 Å². The third kappa shape index (κ3) is 3.82. The molecule has 128 valence electrons. The maximum Gasteiger partial charge on any atom is 0.251 e. The van der Waals surface area contributed by atoms with Crippen molar-refractivity contribution in [2.75, 3.05) is 6.54 Å². The van der Waals surface area contributed by atoms with E-state index in [1.54, 1.807) is 16.8 Å². The summed E-state index contributed by atoms with van der Waals surface area (Å²) in [4.78, 5) is 16.6. The zero-order valence-corrected chi connectivity index (χ0v) is 14.2. The standard InChI is InChI=1S/C18H24N4O2/c1-12-20-13(2)22(21-12)16-8-6-15(7-9-16)18(24)19-11-14-4-3-5-17(23)10-14/h6-9,14,17,23H,3-5,10-11H2,1-2H3,(H,19,24). The molecule has 0 bridgehead atoms. The van der Waals surface area contributed by atoms with Gasteiger partial charge in [0.2, 0.25) is 0 Å². The fourth-order valence-electron chi connectivity index (χ4n) is 3.31. The van der Waals surface area contributed by atoms with Crippen LogP contribution in [0.5, 0.6) is 0 Å². The molecule has 3 rings (SSSR count). The van der Waals surface area contributed by atoms with Gasteiger partial charge >= 0.3 is 0 Å². The number of nitrogens with zero attached hydrogens (tertiary/aromatic N) is 3. The molecule has 0 saturated heterocycles. The van der Waals surface area contributed by atoms with E-state index in [4.69, 9.17) is 0 Å². The minimum absolute atomic E-state index is 0.0758. The van der Waals surface area contributed by atoms with E-state index in [1.165, 1.54) is 0 Å². The van der Waals surface area contributed by atoms with Crippen molar-refractivity contribution < 1.29 is 9.90 Å². The number of hydrogen-bond donors (Lipinski definition) is 2. The summed E-state index contributed by atoms with van der Waals surface area (Å²) in [5, 5.41) is 17.0. The number of carbonyl (C=O) groups is 1. The third-order valence-electron chi connectivity index (χ3n) is 4.56. The second-order valence-electron chi connectivity index (χ2n) is 6.56. The Kier molecular flexibility index (Phi) is 4.94. The van der Waals surface area contributed by atoms with Gasteiger partial charge in [0.25, 0.3) is 5.91 Å². The van der Waals surface area contributed by atoms with Crippen molar-refractivity contribution in [2.45, 2.75) is 45.6 Å². The van der Waals surface area contributed by atoms with Crippen LogP contribution in [0.4, 0.5) is 0 Å². The smallest absolute Gasteiger partial charge is 0.251 e. The number of aliphatic hydroxyl groups excluding tert-OH is 1. The number of rotatable bonds is 4. The molecule has 0 aliphatic heterocycles. The molecule has 2 atom stereocenters. The number of hydrogen-bond acceptors (Lipinski definition) is 4. The molecular weight excluding hydrogens is 304 g/mol. The van der Waals surface area contributed by atoms with Crippen LogP contribution in [0.1, 0.15) is 47.7 Å². The van der Waals surface area contributed by atoms with E-state index in [9.17, 15) is 9.90 Å². The summed E-state index contributed by atoms with van der Waals surface area (Å²) >= 11 is 0. The first-order valence-electron chi connectivity index (χ1n) is 8.50. The summed E-state index contributed by atoms with van der Waals surface area (Å²) in [6.45, 7) is 4.38. The van der Waals surface area contributed by atoms with Gasteiger partial charge in [-0.2, -0.15) is 5.10 Å². The zero-order valence-electron chi connectivity index (χ0n) is 14.2. The van der Waals surface area contributed by atoms with E-state index in [0.717, 1.165) is 43.0 Å². The fraction of sp³-hybridized carbons (Fsp3) is 0.500. The summed E-state index contributed by atoms with van der Waals surface area (Å²) in [6, 6.07) is 7.36. The highest BCUT2D eigenvalue weighted by atomic mass is 16.3. The molecule has 1 aromatic carbocycles. The molecule has 0 radical (unpaired) electrons. The molecule has 1 aliphatic carbocycles. The molecule has 1 fully saturated rings. The second kappa shape index (κ2) is 7.13. The number of aliphatic hydroxyl groups is 1. The van der Waals surface area contributed by atoms with Gasteiger partial charge in [-0.25, -0.2) is 9.67 Å². The van der Waals surface area contributed by atoms with E-state index in [1.807, 2.05) is 26.0 Å². The van der Waals surface area contributed by atoms with Gasteiger partial charge in [0.05, 0.1) is 11.8 Å². The minimum atomic E-state index is -0.214. The van der Waals surface area contributed by atoms with Crippen LogP contribution in [-0.2, 0) is 0 Å². The first-order valence-corrected chi connectivity index (χ1v) is 8.50. The molecule has 1 amide bonds. The van der Waals surface area contributed by atoms with Crippen molar-refractivity contribution >= 4 is 5.91 Å². The molecule has 24 heavy (non-hydrogen) atoms. The highest BCUT2D eigenvalue weighted by Gasteiger charge is 2.20. The molecular formula is C18H24N4O2. The monoisotopic (exact) mass is 328 g/mol. The molecule has 0 spiro atoms. The van der Waals surface area contributed by atoms with E-state index in [0.29, 0.717) is 18.0 Å². The first-order chi connectivity index (χ1) is 11.5. The Hall–Kier alpha value is -2.21. The molecule has 6 nitrogen and oxygen atoms in total. The van der Waals surface area contributed by atoms with Crippen LogP contribution in [0.15, 0.2) is 24.3 Å². The summed E-state index contributed by atoms with van der Waals surface area (Å²) < 4.78 is 1.76. The van der Waals surface area contributed by atoms with Gasteiger partial charge in [-0.3, -0.25) is 4.79 Å². The molecule has 1 heterocycles. The second-order valence-corrected chi connectivity index (χ2v) is 6.56. The number of amides is 1. The van der Waals surface area contributed by atoms with Crippen LogP contribution in [0, 0.1) is 19.8 Å². The van der Waals surface area contributed by atoms with Crippen molar-refractivity contribution in [1.29, 1.82) is 0 Å². The van der Waals surface area contributed by atoms with Crippen molar-refractivity contribution in [2.24, 2.45) is 5.92 Å². The largest absolute Gasteiger partial charge is 0.393 e. The Balaban J connectivity index is 1.60. The molecule has 2 unspecified atom stereocenters. The zero-order chi connectivity index (χ0) is 17.1. The first kappa shape index (κ1) is 16.6. The number of carbonyl (C=O) groups excluding carboxylic acids is 1. The van der Waals surface area contributed by atoms with Gasteiger partial charge < -0.3 is 10.4 Å². The quantitative estimate of drug-likeness (QED) is 0.901. The lowest BCUT2D eigenvalue weighted by Crippen LogP contribution is -2.32. The number of nitrogens with one attached hydrogen (secondary N) is 1. The van der Waals surface area contributed by atoms with Gasteiger partial charge in [-0.1, -0.05) is 6.42 Å².